The molecule has 0 aromatic carbocycles. The van der Waals surface area contributed by atoms with Gasteiger partial charge in [-0.05, 0) is 25.2 Å². The standard InChI is InChI=1S/C9H20O/c1-5-9(7(2)3)6-8(4)10/h7-10H,5-6H2,1-4H3/t8-,9?/m0/s1. The molecule has 0 spiro atoms. The quantitative estimate of drug-likeness (QED) is 0.642. The maximum Gasteiger partial charge on any atom is 0.0514 e. The monoisotopic (exact) mass is 144 g/mol. The number of hydrogen-bond acceptors (Lipinski definition) is 1. The van der Waals surface area contributed by atoms with Crippen LogP contribution < -0.4 is 0 Å². The fraction of sp³-hybridized carbons (Fsp3) is 1.00. The number of aliphatic hydroxyl groups excluding tert-OH is 1. The molecule has 0 bridgehead atoms. The Morgan fingerprint density at radius 2 is 1.70 bits per heavy atom. The van der Waals surface area contributed by atoms with Crippen molar-refractivity contribution in [1.82, 2.24) is 0 Å². The van der Waals surface area contributed by atoms with Crippen molar-refractivity contribution in [1.29, 1.82) is 0 Å². The summed E-state index contributed by atoms with van der Waals surface area (Å²) in [4.78, 5) is 0. The van der Waals surface area contributed by atoms with Crippen LogP contribution in [0, 0.1) is 11.8 Å². The maximum atomic E-state index is 9.10. The van der Waals surface area contributed by atoms with E-state index in [0.717, 1.165) is 6.42 Å². The largest absolute Gasteiger partial charge is 0.393 e. The van der Waals surface area contributed by atoms with Crippen molar-refractivity contribution < 1.29 is 5.11 Å². The second kappa shape index (κ2) is 4.73. The Morgan fingerprint density at radius 1 is 1.20 bits per heavy atom. The van der Waals surface area contributed by atoms with Crippen molar-refractivity contribution in [3.8, 4) is 0 Å². The third-order valence-electron chi connectivity index (χ3n) is 2.11. The summed E-state index contributed by atoms with van der Waals surface area (Å²) in [7, 11) is 0. The number of rotatable bonds is 4. The molecule has 0 radical (unpaired) electrons. The second-order valence-corrected chi connectivity index (χ2v) is 3.50. The molecule has 2 atom stereocenters. The summed E-state index contributed by atoms with van der Waals surface area (Å²) >= 11 is 0. The Bertz CT molecular complexity index is 76.8. The highest BCUT2D eigenvalue weighted by molar-refractivity contribution is 4.63. The first kappa shape index (κ1) is 9.96. The van der Waals surface area contributed by atoms with E-state index in [1.807, 2.05) is 6.92 Å². The van der Waals surface area contributed by atoms with Gasteiger partial charge in [-0.3, -0.25) is 0 Å². The lowest BCUT2D eigenvalue weighted by Gasteiger charge is -2.19. The number of hydrogen-bond donors (Lipinski definition) is 1. The fourth-order valence-corrected chi connectivity index (χ4v) is 1.35. The van der Waals surface area contributed by atoms with Gasteiger partial charge in [0.15, 0.2) is 0 Å². The Morgan fingerprint density at radius 3 is 1.80 bits per heavy atom. The minimum Gasteiger partial charge on any atom is -0.393 e. The molecule has 0 saturated carbocycles. The van der Waals surface area contributed by atoms with Gasteiger partial charge in [-0.1, -0.05) is 27.2 Å². The first-order valence-corrected chi connectivity index (χ1v) is 4.26. The zero-order chi connectivity index (χ0) is 8.15. The summed E-state index contributed by atoms with van der Waals surface area (Å²) in [6.07, 6.45) is 2.00. The molecule has 0 rings (SSSR count). The van der Waals surface area contributed by atoms with Gasteiger partial charge in [0.2, 0.25) is 0 Å². The van der Waals surface area contributed by atoms with Crippen molar-refractivity contribution in [3.63, 3.8) is 0 Å². The summed E-state index contributed by atoms with van der Waals surface area (Å²) in [6.45, 7) is 8.49. The molecular formula is C9H20O. The Hall–Kier alpha value is -0.0400. The van der Waals surface area contributed by atoms with E-state index in [0.29, 0.717) is 11.8 Å². The molecule has 0 aromatic rings. The summed E-state index contributed by atoms with van der Waals surface area (Å²) in [6, 6.07) is 0. The molecule has 1 heteroatoms. The lowest BCUT2D eigenvalue weighted by molar-refractivity contribution is 0.144. The lowest BCUT2D eigenvalue weighted by Crippen LogP contribution is -2.14. The van der Waals surface area contributed by atoms with Gasteiger partial charge < -0.3 is 5.11 Å². The van der Waals surface area contributed by atoms with Crippen LogP contribution in [0.2, 0.25) is 0 Å². The van der Waals surface area contributed by atoms with Gasteiger partial charge in [-0.2, -0.15) is 0 Å². The van der Waals surface area contributed by atoms with Crippen molar-refractivity contribution in [3.05, 3.63) is 0 Å². The van der Waals surface area contributed by atoms with Crippen LogP contribution in [0.5, 0.6) is 0 Å². The van der Waals surface area contributed by atoms with E-state index >= 15 is 0 Å². The molecule has 0 heterocycles. The summed E-state index contributed by atoms with van der Waals surface area (Å²) in [5.41, 5.74) is 0. The van der Waals surface area contributed by atoms with Gasteiger partial charge in [0.25, 0.3) is 0 Å². The first-order chi connectivity index (χ1) is 4.57. The predicted molar refractivity (Wildman–Crippen MR) is 44.9 cm³/mol. The van der Waals surface area contributed by atoms with Crippen LogP contribution in [-0.2, 0) is 0 Å². The molecule has 0 saturated heterocycles. The molecule has 0 aliphatic rings. The van der Waals surface area contributed by atoms with Crippen LogP contribution in [-0.4, -0.2) is 11.2 Å². The normalized spacial score (nSPS) is 17.4. The molecule has 0 fully saturated rings. The van der Waals surface area contributed by atoms with Gasteiger partial charge in [0, 0.05) is 0 Å². The van der Waals surface area contributed by atoms with E-state index in [-0.39, 0.29) is 6.10 Å². The molecule has 0 aliphatic heterocycles. The fourth-order valence-electron chi connectivity index (χ4n) is 1.35. The van der Waals surface area contributed by atoms with E-state index in [2.05, 4.69) is 20.8 Å². The van der Waals surface area contributed by atoms with Gasteiger partial charge >= 0.3 is 0 Å². The van der Waals surface area contributed by atoms with Crippen molar-refractivity contribution in [2.45, 2.75) is 46.6 Å². The van der Waals surface area contributed by atoms with E-state index in [4.69, 9.17) is 5.11 Å². The number of aliphatic hydroxyl groups is 1. The maximum absolute atomic E-state index is 9.10. The van der Waals surface area contributed by atoms with Crippen LogP contribution in [0.1, 0.15) is 40.5 Å². The van der Waals surface area contributed by atoms with E-state index in [1.165, 1.54) is 6.42 Å². The Kier molecular flexibility index (Phi) is 4.71. The molecule has 1 unspecified atom stereocenters. The van der Waals surface area contributed by atoms with Crippen molar-refractivity contribution >= 4 is 0 Å². The smallest absolute Gasteiger partial charge is 0.0514 e. The Labute approximate surface area is 64.5 Å². The summed E-state index contributed by atoms with van der Waals surface area (Å²) < 4.78 is 0. The van der Waals surface area contributed by atoms with E-state index in [9.17, 15) is 0 Å². The van der Waals surface area contributed by atoms with E-state index in [1.54, 1.807) is 0 Å². The third kappa shape index (κ3) is 3.89. The van der Waals surface area contributed by atoms with Gasteiger partial charge in [-0.25, -0.2) is 0 Å². The third-order valence-corrected chi connectivity index (χ3v) is 2.11. The lowest BCUT2D eigenvalue weighted by atomic mass is 9.88. The highest BCUT2D eigenvalue weighted by atomic mass is 16.3. The predicted octanol–water partition coefficient (Wildman–Crippen LogP) is 2.44. The molecule has 0 aliphatic carbocycles. The molecule has 0 aromatic heterocycles. The minimum atomic E-state index is -0.132. The average Bonchev–Trinajstić information content (AvgIpc) is 1.81. The second-order valence-electron chi connectivity index (χ2n) is 3.50. The topological polar surface area (TPSA) is 20.2 Å². The minimum absolute atomic E-state index is 0.132. The molecule has 62 valence electrons. The van der Waals surface area contributed by atoms with Crippen LogP contribution in [0.15, 0.2) is 0 Å². The van der Waals surface area contributed by atoms with Crippen LogP contribution in [0.4, 0.5) is 0 Å². The average molecular weight is 144 g/mol. The van der Waals surface area contributed by atoms with E-state index < -0.39 is 0 Å². The van der Waals surface area contributed by atoms with Crippen LogP contribution in [0.25, 0.3) is 0 Å². The van der Waals surface area contributed by atoms with Crippen LogP contribution in [0.3, 0.4) is 0 Å². The van der Waals surface area contributed by atoms with Gasteiger partial charge in [-0.15, -0.1) is 0 Å². The first-order valence-electron chi connectivity index (χ1n) is 4.26. The SMILES string of the molecule is CCC(C[C@H](C)O)C(C)C. The molecule has 1 N–H and O–H groups in total. The molecule has 0 amide bonds. The molecular weight excluding hydrogens is 124 g/mol. The highest BCUT2D eigenvalue weighted by Crippen LogP contribution is 2.20. The summed E-state index contributed by atoms with van der Waals surface area (Å²) in [5, 5.41) is 9.10. The zero-order valence-corrected chi connectivity index (χ0v) is 7.59. The van der Waals surface area contributed by atoms with Crippen LogP contribution >= 0.6 is 0 Å². The molecule has 1 nitrogen and oxygen atoms in total. The van der Waals surface area contributed by atoms with Crippen molar-refractivity contribution in [2.75, 3.05) is 0 Å². The van der Waals surface area contributed by atoms with Gasteiger partial charge in [0.05, 0.1) is 6.10 Å². The summed E-state index contributed by atoms with van der Waals surface area (Å²) in [5.74, 6) is 1.40. The Balaban J connectivity index is 3.60. The van der Waals surface area contributed by atoms with Gasteiger partial charge in [0.1, 0.15) is 0 Å². The van der Waals surface area contributed by atoms with Crippen molar-refractivity contribution in [2.24, 2.45) is 11.8 Å². The highest BCUT2D eigenvalue weighted by Gasteiger charge is 2.12. The molecule has 10 heavy (non-hydrogen) atoms. The zero-order valence-electron chi connectivity index (χ0n) is 7.59.